The van der Waals surface area contributed by atoms with Gasteiger partial charge in [-0.1, -0.05) is 0 Å². The van der Waals surface area contributed by atoms with Crippen LogP contribution in [0.15, 0.2) is 0 Å². The van der Waals surface area contributed by atoms with E-state index in [0.29, 0.717) is 6.54 Å². The summed E-state index contributed by atoms with van der Waals surface area (Å²) in [5.74, 6) is -0.927. The van der Waals surface area contributed by atoms with Crippen LogP contribution in [0.5, 0.6) is 0 Å². The van der Waals surface area contributed by atoms with Crippen LogP contribution in [0.1, 0.15) is 19.8 Å². The van der Waals surface area contributed by atoms with Gasteiger partial charge in [0, 0.05) is 19.0 Å². The molecule has 1 rings (SSSR count). The Hall–Kier alpha value is -1.79. The van der Waals surface area contributed by atoms with E-state index in [4.69, 9.17) is 5.11 Å². The summed E-state index contributed by atoms with van der Waals surface area (Å²) in [6, 6.07) is -1.49. The van der Waals surface area contributed by atoms with Crippen LogP contribution < -0.4 is 16.0 Å². The first-order valence-corrected chi connectivity index (χ1v) is 5.55. The van der Waals surface area contributed by atoms with Crippen LogP contribution in [0.25, 0.3) is 0 Å². The molecule has 0 saturated heterocycles. The normalized spacial score (nSPS) is 15.8. The highest BCUT2D eigenvalue weighted by molar-refractivity contribution is 5.82. The molecule has 7 nitrogen and oxygen atoms in total. The van der Waals surface area contributed by atoms with E-state index in [1.807, 2.05) is 0 Å². The highest BCUT2D eigenvalue weighted by Crippen LogP contribution is 2.28. The average Bonchev–Trinajstić information content (AvgIpc) is 3.07. The maximum atomic E-state index is 11.2. The van der Waals surface area contributed by atoms with E-state index in [1.54, 1.807) is 0 Å². The third-order valence-electron chi connectivity index (χ3n) is 2.38. The zero-order valence-corrected chi connectivity index (χ0v) is 9.66. The first-order chi connectivity index (χ1) is 8.00. The Morgan fingerprint density at radius 1 is 1.24 bits per heavy atom. The summed E-state index contributed by atoms with van der Waals surface area (Å²) in [4.78, 5) is 32.8. The minimum Gasteiger partial charge on any atom is -0.480 e. The van der Waals surface area contributed by atoms with E-state index in [1.165, 1.54) is 6.92 Å². The number of amides is 3. The number of hydrogen-bond acceptors (Lipinski definition) is 3. The summed E-state index contributed by atoms with van der Waals surface area (Å²) in [6.07, 6.45) is 1.88. The van der Waals surface area contributed by atoms with Crippen LogP contribution in [0.4, 0.5) is 4.79 Å². The molecule has 0 radical (unpaired) electrons. The van der Waals surface area contributed by atoms with Crippen LogP contribution >= 0.6 is 0 Å². The second-order valence-corrected chi connectivity index (χ2v) is 4.03. The summed E-state index contributed by atoms with van der Waals surface area (Å²) in [7, 11) is 0. The maximum Gasteiger partial charge on any atom is 0.325 e. The van der Waals surface area contributed by atoms with Gasteiger partial charge in [-0.3, -0.25) is 9.59 Å². The van der Waals surface area contributed by atoms with Gasteiger partial charge in [0.25, 0.3) is 0 Å². The fourth-order valence-corrected chi connectivity index (χ4v) is 1.16. The first-order valence-electron chi connectivity index (χ1n) is 5.55. The zero-order chi connectivity index (χ0) is 12.8. The van der Waals surface area contributed by atoms with E-state index >= 15 is 0 Å². The average molecular weight is 243 g/mol. The number of carbonyl (C=O) groups is 3. The van der Waals surface area contributed by atoms with Crippen molar-refractivity contribution in [3.63, 3.8) is 0 Å². The predicted molar refractivity (Wildman–Crippen MR) is 59.4 cm³/mol. The molecule has 0 unspecified atom stereocenters. The quantitative estimate of drug-likeness (QED) is 0.462. The van der Waals surface area contributed by atoms with Crippen molar-refractivity contribution in [3.05, 3.63) is 0 Å². The number of aliphatic carboxylic acids is 1. The van der Waals surface area contributed by atoms with Gasteiger partial charge >= 0.3 is 12.0 Å². The molecule has 17 heavy (non-hydrogen) atoms. The lowest BCUT2D eigenvalue weighted by Gasteiger charge is -2.10. The second-order valence-electron chi connectivity index (χ2n) is 4.03. The predicted octanol–water partition coefficient (Wildman–Crippen LogP) is -0.715. The highest BCUT2D eigenvalue weighted by Gasteiger charge is 2.28. The third kappa shape index (κ3) is 5.19. The molecule has 0 bridgehead atoms. The first kappa shape index (κ1) is 13.3. The molecular weight excluding hydrogens is 226 g/mol. The Morgan fingerprint density at radius 3 is 2.35 bits per heavy atom. The van der Waals surface area contributed by atoms with Crippen LogP contribution in [-0.2, 0) is 9.59 Å². The summed E-state index contributed by atoms with van der Waals surface area (Å²) < 4.78 is 0. The van der Waals surface area contributed by atoms with Crippen molar-refractivity contribution in [2.24, 2.45) is 5.92 Å². The van der Waals surface area contributed by atoms with Gasteiger partial charge in [-0.2, -0.15) is 0 Å². The Morgan fingerprint density at radius 2 is 1.82 bits per heavy atom. The summed E-state index contributed by atoms with van der Waals surface area (Å²) >= 11 is 0. The lowest BCUT2D eigenvalue weighted by atomic mass is 10.3. The fraction of sp³-hybridized carbons (Fsp3) is 0.700. The van der Waals surface area contributed by atoms with Crippen molar-refractivity contribution in [2.75, 3.05) is 13.1 Å². The Bertz CT molecular complexity index is 315. The van der Waals surface area contributed by atoms with Gasteiger partial charge in [0.2, 0.25) is 5.91 Å². The molecule has 0 aromatic rings. The second kappa shape index (κ2) is 6.07. The molecule has 4 N–H and O–H groups in total. The lowest BCUT2D eigenvalue weighted by Crippen LogP contribution is -2.46. The summed E-state index contributed by atoms with van der Waals surface area (Å²) in [5, 5.41) is 15.9. The largest absolute Gasteiger partial charge is 0.480 e. The molecule has 0 aliphatic heterocycles. The standard InChI is InChI=1S/C10H17N3O4/c1-6(9(15)16)13-10(17)12-5-4-11-8(14)7-2-3-7/h6-7H,2-5H2,1H3,(H,11,14)(H,15,16)(H2,12,13,17)/t6-/m1/s1. The van der Waals surface area contributed by atoms with E-state index in [2.05, 4.69) is 16.0 Å². The van der Waals surface area contributed by atoms with E-state index < -0.39 is 18.0 Å². The highest BCUT2D eigenvalue weighted by atomic mass is 16.4. The van der Waals surface area contributed by atoms with Crippen molar-refractivity contribution in [2.45, 2.75) is 25.8 Å². The zero-order valence-electron chi connectivity index (χ0n) is 9.66. The number of hydrogen-bond donors (Lipinski definition) is 4. The Kier molecular flexibility index (Phi) is 4.74. The number of carbonyl (C=O) groups excluding carboxylic acids is 2. The Labute approximate surface area is 98.9 Å². The minimum atomic E-state index is -1.10. The van der Waals surface area contributed by atoms with Crippen molar-refractivity contribution >= 4 is 17.9 Å². The molecule has 3 amide bonds. The molecular formula is C10H17N3O4. The molecule has 1 aliphatic carbocycles. The number of carboxylic acid groups (broad SMARTS) is 1. The number of nitrogens with one attached hydrogen (secondary N) is 3. The number of urea groups is 1. The van der Waals surface area contributed by atoms with Gasteiger partial charge in [-0.25, -0.2) is 4.79 Å². The summed E-state index contributed by atoms with van der Waals surface area (Å²) in [5.41, 5.74) is 0. The molecule has 0 heterocycles. The molecule has 0 spiro atoms. The van der Waals surface area contributed by atoms with Crippen molar-refractivity contribution in [3.8, 4) is 0 Å². The van der Waals surface area contributed by atoms with Gasteiger partial charge in [0.05, 0.1) is 0 Å². The van der Waals surface area contributed by atoms with Crippen LogP contribution in [0, 0.1) is 5.92 Å². The minimum absolute atomic E-state index is 0.0195. The van der Waals surface area contributed by atoms with Crippen LogP contribution in [0.2, 0.25) is 0 Å². The van der Waals surface area contributed by atoms with E-state index in [-0.39, 0.29) is 18.4 Å². The monoisotopic (exact) mass is 243 g/mol. The van der Waals surface area contributed by atoms with Crippen molar-refractivity contribution < 1.29 is 19.5 Å². The fourth-order valence-electron chi connectivity index (χ4n) is 1.16. The smallest absolute Gasteiger partial charge is 0.325 e. The summed E-state index contributed by atoms with van der Waals surface area (Å²) in [6.45, 7) is 2.00. The van der Waals surface area contributed by atoms with Crippen molar-refractivity contribution in [1.82, 2.24) is 16.0 Å². The van der Waals surface area contributed by atoms with Gasteiger partial charge in [-0.15, -0.1) is 0 Å². The van der Waals surface area contributed by atoms with Crippen molar-refractivity contribution in [1.29, 1.82) is 0 Å². The maximum absolute atomic E-state index is 11.2. The van der Waals surface area contributed by atoms with Gasteiger partial charge in [0.15, 0.2) is 0 Å². The molecule has 96 valence electrons. The van der Waals surface area contributed by atoms with Crippen LogP contribution in [-0.4, -0.2) is 42.1 Å². The topological polar surface area (TPSA) is 108 Å². The molecule has 1 aliphatic rings. The third-order valence-corrected chi connectivity index (χ3v) is 2.38. The SMILES string of the molecule is C[C@@H](NC(=O)NCCNC(=O)C1CC1)C(=O)O. The lowest BCUT2D eigenvalue weighted by molar-refractivity contribution is -0.138. The van der Waals surface area contributed by atoms with Gasteiger partial charge in [0.1, 0.15) is 6.04 Å². The van der Waals surface area contributed by atoms with E-state index in [9.17, 15) is 14.4 Å². The number of carboxylic acids is 1. The molecule has 0 aromatic carbocycles. The van der Waals surface area contributed by atoms with Gasteiger partial charge in [-0.05, 0) is 19.8 Å². The van der Waals surface area contributed by atoms with Crippen LogP contribution in [0.3, 0.4) is 0 Å². The Balaban J connectivity index is 2.03. The van der Waals surface area contributed by atoms with E-state index in [0.717, 1.165) is 12.8 Å². The number of rotatable bonds is 6. The molecule has 1 fully saturated rings. The molecule has 1 atom stereocenters. The molecule has 1 saturated carbocycles. The molecule has 0 aromatic heterocycles. The molecule has 7 heteroatoms. The van der Waals surface area contributed by atoms with Gasteiger partial charge < -0.3 is 21.1 Å².